The molecule has 1 aliphatic rings. The molecule has 3 rings (SSSR count). The number of aliphatic carboxylic acids is 1. The minimum atomic E-state index is -1.61. The van der Waals surface area contributed by atoms with Gasteiger partial charge in [-0.2, -0.15) is 0 Å². The number of amides is 1. The first-order chi connectivity index (χ1) is 12.4. The third-order valence-corrected chi connectivity index (χ3v) is 5.16. The van der Waals surface area contributed by atoms with Crippen molar-refractivity contribution in [2.45, 2.75) is 0 Å². The lowest BCUT2D eigenvalue weighted by Gasteiger charge is -2.11. The maximum Gasteiger partial charge on any atom is 0.374 e. The summed E-state index contributed by atoms with van der Waals surface area (Å²) in [5, 5.41) is 9.21. The van der Waals surface area contributed by atoms with Crippen molar-refractivity contribution in [2.75, 3.05) is 6.54 Å². The molecule has 2 heterocycles. The number of halogens is 1. The van der Waals surface area contributed by atoms with Crippen LogP contribution < -0.4 is 0 Å². The van der Waals surface area contributed by atoms with E-state index < -0.39 is 24.2 Å². The number of carbonyl (C=O) groups is 3. The zero-order valence-corrected chi connectivity index (χ0v) is 15.4. The lowest BCUT2D eigenvalue weighted by Crippen LogP contribution is -2.36. The van der Waals surface area contributed by atoms with Crippen molar-refractivity contribution in [1.29, 1.82) is 0 Å². The Balaban J connectivity index is 1.82. The molecule has 1 amide bonds. The summed E-state index contributed by atoms with van der Waals surface area (Å²) in [5.74, 6) is -2.31. The van der Waals surface area contributed by atoms with Gasteiger partial charge in [0.15, 0.2) is 0 Å². The van der Waals surface area contributed by atoms with E-state index in [0.29, 0.717) is 22.1 Å². The molecule has 6 nitrogen and oxygen atoms in total. The summed E-state index contributed by atoms with van der Waals surface area (Å²) in [7, 11) is 0. The van der Waals surface area contributed by atoms with Crippen LogP contribution in [0.1, 0.15) is 5.76 Å². The Morgan fingerprint density at radius 3 is 2.69 bits per heavy atom. The summed E-state index contributed by atoms with van der Waals surface area (Å²) in [6.07, 6.45) is 1.49. The number of rotatable bonds is 5. The number of carboxylic acids is 1. The van der Waals surface area contributed by atoms with E-state index >= 15 is 0 Å². The van der Waals surface area contributed by atoms with Crippen LogP contribution in [-0.4, -0.2) is 38.5 Å². The highest BCUT2D eigenvalue weighted by atomic mass is 35.5. The highest BCUT2D eigenvalue weighted by Crippen LogP contribution is 2.34. The number of thiocarbonyl (C=S) groups is 1. The second-order valence-corrected chi connectivity index (χ2v) is 7.26. The normalized spacial score (nSPS) is 15.7. The molecule has 2 aromatic rings. The molecule has 26 heavy (non-hydrogen) atoms. The van der Waals surface area contributed by atoms with Crippen LogP contribution >= 0.6 is 35.6 Å². The van der Waals surface area contributed by atoms with Gasteiger partial charge in [-0.15, -0.1) is 0 Å². The summed E-state index contributed by atoms with van der Waals surface area (Å²) in [5.41, 5.74) is 0.716. The SMILES string of the molecule is O=C(O)C(=O)CN1C(=O)C(=Cc2ccc(-c3ccccc3Cl)o2)SC1=S. The topological polar surface area (TPSA) is 87.8 Å². The Labute approximate surface area is 162 Å². The molecule has 0 atom stereocenters. The number of benzene rings is 1. The van der Waals surface area contributed by atoms with E-state index in [0.717, 1.165) is 16.7 Å². The molecule has 0 unspecified atom stereocenters. The molecule has 1 aliphatic heterocycles. The van der Waals surface area contributed by atoms with Gasteiger partial charge in [0, 0.05) is 11.6 Å². The first kappa shape index (κ1) is 18.4. The smallest absolute Gasteiger partial charge is 0.374 e. The predicted octanol–water partition coefficient (Wildman–Crippen LogP) is 3.45. The van der Waals surface area contributed by atoms with E-state index in [1.54, 1.807) is 24.3 Å². The van der Waals surface area contributed by atoms with Crippen molar-refractivity contribution in [2.24, 2.45) is 0 Å². The third-order valence-electron chi connectivity index (χ3n) is 3.45. The van der Waals surface area contributed by atoms with E-state index in [-0.39, 0.29) is 9.23 Å². The average molecular weight is 408 g/mol. The van der Waals surface area contributed by atoms with Crippen molar-refractivity contribution < 1.29 is 23.9 Å². The van der Waals surface area contributed by atoms with Crippen LogP contribution in [0.15, 0.2) is 45.7 Å². The quantitative estimate of drug-likeness (QED) is 0.461. The lowest BCUT2D eigenvalue weighted by atomic mass is 10.2. The highest BCUT2D eigenvalue weighted by molar-refractivity contribution is 8.26. The van der Waals surface area contributed by atoms with Gasteiger partial charge in [0.2, 0.25) is 0 Å². The van der Waals surface area contributed by atoms with Gasteiger partial charge in [0.05, 0.1) is 16.5 Å². The first-order valence-corrected chi connectivity index (χ1v) is 8.83. The summed E-state index contributed by atoms with van der Waals surface area (Å²) in [4.78, 5) is 35.5. The molecule has 1 aromatic heterocycles. The lowest BCUT2D eigenvalue weighted by molar-refractivity contribution is -0.149. The Bertz CT molecular complexity index is 966. The Morgan fingerprint density at radius 2 is 2.00 bits per heavy atom. The molecule has 1 saturated heterocycles. The molecule has 1 fully saturated rings. The van der Waals surface area contributed by atoms with Crippen molar-refractivity contribution in [3.05, 3.63) is 52.1 Å². The molecule has 9 heteroatoms. The fraction of sp³-hybridized carbons (Fsp3) is 0.0588. The number of hydrogen-bond donors (Lipinski definition) is 1. The van der Waals surface area contributed by atoms with E-state index in [1.165, 1.54) is 6.08 Å². The van der Waals surface area contributed by atoms with Crippen molar-refractivity contribution in [3.8, 4) is 11.3 Å². The molecule has 1 N–H and O–H groups in total. The Hall–Kier alpha value is -2.42. The van der Waals surface area contributed by atoms with Crippen LogP contribution in [0.3, 0.4) is 0 Å². The van der Waals surface area contributed by atoms with Gasteiger partial charge in [-0.25, -0.2) is 4.79 Å². The van der Waals surface area contributed by atoms with Gasteiger partial charge in [-0.1, -0.05) is 47.7 Å². The average Bonchev–Trinajstić information content (AvgIpc) is 3.15. The van der Waals surface area contributed by atoms with Gasteiger partial charge in [0.25, 0.3) is 11.7 Å². The van der Waals surface area contributed by atoms with Crippen molar-refractivity contribution in [3.63, 3.8) is 0 Å². The molecule has 0 bridgehead atoms. The van der Waals surface area contributed by atoms with E-state index in [9.17, 15) is 14.4 Å². The number of Topliss-reactive ketones (excluding diaryl/α,β-unsaturated/α-hetero) is 1. The van der Waals surface area contributed by atoms with Crippen LogP contribution in [0.4, 0.5) is 0 Å². The number of thioether (sulfide) groups is 1. The van der Waals surface area contributed by atoms with Gasteiger partial charge in [-0.3, -0.25) is 14.5 Å². The number of nitrogens with zero attached hydrogens (tertiary/aromatic N) is 1. The second kappa shape index (κ2) is 7.45. The van der Waals surface area contributed by atoms with Crippen molar-refractivity contribution >= 4 is 63.6 Å². The number of ketones is 1. The van der Waals surface area contributed by atoms with Crippen LogP contribution in [0.5, 0.6) is 0 Å². The summed E-state index contributed by atoms with van der Waals surface area (Å²) in [6, 6.07) is 10.6. The fourth-order valence-electron chi connectivity index (χ4n) is 2.21. The number of carboxylic acid groups (broad SMARTS) is 1. The third kappa shape index (κ3) is 3.72. The van der Waals surface area contributed by atoms with Crippen molar-refractivity contribution in [1.82, 2.24) is 4.90 Å². The van der Waals surface area contributed by atoms with E-state index in [2.05, 4.69) is 0 Å². The molecular formula is C17H10ClNO5S2. The molecule has 0 aliphatic carbocycles. The van der Waals surface area contributed by atoms with Crippen LogP contribution in [0, 0.1) is 0 Å². The van der Waals surface area contributed by atoms with Gasteiger partial charge in [-0.05, 0) is 24.3 Å². The number of carbonyl (C=O) groups excluding carboxylic acids is 2. The molecule has 1 aromatic carbocycles. The molecule has 132 valence electrons. The van der Waals surface area contributed by atoms with Crippen LogP contribution in [0.2, 0.25) is 5.02 Å². The van der Waals surface area contributed by atoms with E-state index in [4.69, 9.17) is 33.3 Å². The minimum absolute atomic E-state index is 0.119. The van der Waals surface area contributed by atoms with E-state index in [1.807, 2.05) is 12.1 Å². The van der Waals surface area contributed by atoms with Gasteiger partial charge in [0.1, 0.15) is 15.8 Å². The zero-order valence-electron chi connectivity index (χ0n) is 13.0. The minimum Gasteiger partial charge on any atom is -0.475 e. The summed E-state index contributed by atoms with van der Waals surface area (Å²) < 4.78 is 5.82. The van der Waals surface area contributed by atoms with Crippen LogP contribution in [0.25, 0.3) is 17.4 Å². The monoisotopic (exact) mass is 407 g/mol. The number of hydrogen-bond acceptors (Lipinski definition) is 6. The van der Waals surface area contributed by atoms with Gasteiger partial charge >= 0.3 is 5.97 Å². The molecule has 0 saturated carbocycles. The predicted molar refractivity (Wildman–Crippen MR) is 102 cm³/mol. The molecule has 0 spiro atoms. The second-order valence-electron chi connectivity index (χ2n) is 5.18. The maximum absolute atomic E-state index is 12.4. The Morgan fingerprint density at radius 1 is 1.27 bits per heavy atom. The van der Waals surface area contributed by atoms with Crippen LogP contribution in [-0.2, 0) is 14.4 Å². The Kier molecular flexibility index (Phi) is 5.26. The highest BCUT2D eigenvalue weighted by Gasteiger charge is 2.34. The van der Waals surface area contributed by atoms with Gasteiger partial charge < -0.3 is 9.52 Å². The first-order valence-electron chi connectivity index (χ1n) is 7.23. The zero-order chi connectivity index (χ0) is 18.8. The number of furan rings is 1. The maximum atomic E-state index is 12.4. The summed E-state index contributed by atoms with van der Waals surface area (Å²) in [6.45, 7) is -0.597. The standard InChI is InChI=1S/C17H10ClNO5S2/c18-11-4-2-1-3-10(11)13-6-5-9(24-13)7-14-15(21)19(17(25)26-14)8-12(20)16(22)23/h1-7H,8H2,(H,22,23). The largest absolute Gasteiger partial charge is 0.475 e. The summed E-state index contributed by atoms with van der Waals surface area (Å²) >= 11 is 12.2. The fourth-order valence-corrected chi connectivity index (χ4v) is 3.68. The molecule has 0 radical (unpaired) electrons. The molecular weight excluding hydrogens is 398 g/mol.